The Kier molecular flexibility index (Phi) is 7.62. The maximum absolute atomic E-state index is 14.1. The molecule has 3 amide bonds. The summed E-state index contributed by atoms with van der Waals surface area (Å²) in [6.45, 7) is 1.41. The first-order chi connectivity index (χ1) is 18.5. The van der Waals surface area contributed by atoms with Crippen molar-refractivity contribution in [3.05, 3.63) is 72.7 Å². The van der Waals surface area contributed by atoms with Gasteiger partial charge in [0, 0.05) is 24.3 Å². The average Bonchev–Trinajstić information content (AvgIpc) is 3.46. The molecule has 2 aromatic carbocycles. The second-order valence-electron chi connectivity index (χ2n) is 9.56. The lowest BCUT2D eigenvalue weighted by Crippen LogP contribution is -2.52. The first-order valence-corrected chi connectivity index (χ1v) is 12.9. The van der Waals surface area contributed by atoms with E-state index in [0.717, 1.165) is 32.1 Å². The summed E-state index contributed by atoms with van der Waals surface area (Å²) >= 11 is 0. The van der Waals surface area contributed by atoms with Gasteiger partial charge in [-0.1, -0.05) is 31.4 Å². The number of hydrogen-bond acceptors (Lipinski definition) is 6. The van der Waals surface area contributed by atoms with E-state index in [-0.39, 0.29) is 24.5 Å². The van der Waals surface area contributed by atoms with Crippen LogP contribution in [0, 0.1) is 0 Å². The maximum Gasteiger partial charge on any atom is 0.272 e. The number of anilines is 2. The first kappa shape index (κ1) is 25.4. The van der Waals surface area contributed by atoms with Gasteiger partial charge in [-0.2, -0.15) is 0 Å². The van der Waals surface area contributed by atoms with E-state index >= 15 is 0 Å². The predicted molar refractivity (Wildman–Crippen MR) is 141 cm³/mol. The fourth-order valence-corrected chi connectivity index (χ4v) is 4.96. The largest absolute Gasteiger partial charge is 0.485 e. The van der Waals surface area contributed by atoms with E-state index in [1.165, 1.54) is 18.1 Å². The molecule has 2 aliphatic rings. The van der Waals surface area contributed by atoms with Crippen molar-refractivity contribution in [1.82, 2.24) is 5.32 Å². The molecule has 2 atom stereocenters. The van der Waals surface area contributed by atoms with Crippen LogP contribution in [0.4, 0.5) is 11.4 Å². The van der Waals surface area contributed by atoms with Crippen LogP contribution < -0.4 is 25.0 Å². The van der Waals surface area contributed by atoms with E-state index in [1.807, 2.05) is 6.07 Å². The first-order valence-electron chi connectivity index (χ1n) is 12.9. The van der Waals surface area contributed by atoms with Gasteiger partial charge < -0.3 is 24.5 Å². The summed E-state index contributed by atoms with van der Waals surface area (Å²) in [5.74, 6) is 0.349. The van der Waals surface area contributed by atoms with Crippen molar-refractivity contribution < 1.29 is 28.3 Å². The van der Waals surface area contributed by atoms with Crippen LogP contribution in [0.3, 0.4) is 0 Å². The highest BCUT2D eigenvalue weighted by molar-refractivity contribution is 6.03. The minimum Gasteiger partial charge on any atom is -0.485 e. The Morgan fingerprint density at radius 3 is 2.34 bits per heavy atom. The quantitative estimate of drug-likeness (QED) is 0.474. The highest BCUT2D eigenvalue weighted by Gasteiger charge is 2.41. The van der Waals surface area contributed by atoms with Gasteiger partial charge in [0.2, 0.25) is 12.0 Å². The Labute approximate surface area is 221 Å². The summed E-state index contributed by atoms with van der Waals surface area (Å²) in [6, 6.07) is 16.2. The van der Waals surface area contributed by atoms with Crippen molar-refractivity contribution in [3.63, 3.8) is 0 Å². The zero-order chi connectivity index (χ0) is 26.5. The fourth-order valence-electron chi connectivity index (χ4n) is 4.96. The van der Waals surface area contributed by atoms with Crippen molar-refractivity contribution in [2.75, 3.05) is 16.8 Å². The Balaban J connectivity index is 1.51. The monoisotopic (exact) mass is 517 g/mol. The normalized spacial score (nSPS) is 17.8. The zero-order valence-electron chi connectivity index (χ0n) is 21.2. The molecule has 3 aromatic rings. The van der Waals surface area contributed by atoms with E-state index in [9.17, 15) is 14.4 Å². The molecule has 198 valence electrons. The summed E-state index contributed by atoms with van der Waals surface area (Å²) in [6.07, 6.45) is 5.54. The van der Waals surface area contributed by atoms with Crippen LogP contribution in [-0.2, 0) is 14.4 Å². The Bertz CT molecular complexity index is 1270. The molecular weight excluding hydrogens is 486 g/mol. The highest BCUT2D eigenvalue weighted by atomic mass is 16.6. The number of nitrogens with zero attached hydrogens (tertiary/aromatic N) is 1. The Morgan fingerprint density at radius 1 is 0.921 bits per heavy atom. The lowest BCUT2D eigenvalue weighted by Gasteiger charge is -2.35. The van der Waals surface area contributed by atoms with Gasteiger partial charge in [0.25, 0.3) is 11.8 Å². The highest BCUT2D eigenvalue weighted by Crippen LogP contribution is 2.35. The van der Waals surface area contributed by atoms with Gasteiger partial charge in [-0.05, 0) is 61.4 Å². The molecule has 1 saturated carbocycles. The van der Waals surface area contributed by atoms with Crippen LogP contribution in [0.1, 0.15) is 50.8 Å². The molecule has 0 radical (unpaired) electrons. The molecule has 0 saturated heterocycles. The fraction of sp³-hybridized carbons (Fsp3) is 0.345. The van der Waals surface area contributed by atoms with E-state index < -0.39 is 18.1 Å². The van der Waals surface area contributed by atoms with Crippen molar-refractivity contribution in [1.29, 1.82) is 0 Å². The van der Waals surface area contributed by atoms with Crippen LogP contribution in [0.15, 0.2) is 71.3 Å². The van der Waals surface area contributed by atoms with Gasteiger partial charge in [0.05, 0.1) is 6.26 Å². The molecular formula is C29H31N3O6. The van der Waals surface area contributed by atoms with Crippen LogP contribution in [-0.4, -0.2) is 36.5 Å². The second kappa shape index (κ2) is 11.4. The maximum atomic E-state index is 14.1. The molecule has 5 rings (SSSR count). The number of benzene rings is 2. The number of nitrogens with one attached hydrogen (secondary N) is 2. The third kappa shape index (κ3) is 5.66. The van der Waals surface area contributed by atoms with Gasteiger partial charge in [-0.25, -0.2) is 0 Å². The molecule has 1 aliphatic carbocycles. The third-order valence-corrected chi connectivity index (χ3v) is 6.76. The molecule has 9 heteroatoms. The summed E-state index contributed by atoms with van der Waals surface area (Å²) < 4.78 is 17.5. The standard InChI is InChI=1S/C29H31N3O6/c1-19(33)30-21-13-15-22(16-14-21)32(29(35)26-18-37-23-10-5-6-11-24(23)38-26)27(25-12-7-17-36-25)28(34)31-20-8-3-2-4-9-20/h5-7,10-17,20,26-27H,2-4,8-9,18H2,1H3,(H,30,33)(H,31,34)/t26-,27+/m1/s1. The summed E-state index contributed by atoms with van der Waals surface area (Å²) in [5, 5.41) is 5.87. The molecule has 38 heavy (non-hydrogen) atoms. The lowest BCUT2D eigenvalue weighted by molar-refractivity contribution is -0.132. The van der Waals surface area contributed by atoms with E-state index in [2.05, 4.69) is 10.6 Å². The van der Waals surface area contributed by atoms with Crippen molar-refractivity contribution in [2.24, 2.45) is 0 Å². The summed E-state index contributed by atoms with van der Waals surface area (Å²) in [7, 11) is 0. The van der Waals surface area contributed by atoms with Gasteiger partial charge in [-0.15, -0.1) is 0 Å². The lowest BCUT2D eigenvalue weighted by atomic mass is 9.95. The average molecular weight is 518 g/mol. The summed E-state index contributed by atoms with van der Waals surface area (Å²) in [5.41, 5.74) is 1.02. The molecule has 1 aliphatic heterocycles. The number of furan rings is 1. The predicted octanol–water partition coefficient (Wildman–Crippen LogP) is 4.60. The van der Waals surface area contributed by atoms with Gasteiger partial charge in [0.15, 0.2) is 17.5 Å². The topological polar surface area (TPSA) is 110 Å². The van der Waals surface area contributed by atoms with E-state index in [0.29, 0.717) is 28.6 Å². The van der Waals surface area contributed by atoms with Gasteiger partial charge in [0.1, 0.15) is 12.4 Å². The molecule has 1 fully saturated rings. The van der Waals surface area contributed by atoms with Crippen molar-refractivity contribution >= 4 is 29.1 Å². The zero-order valence-corrected chi connectivity index (χ0v) is 21.2. The van der Waals surface area contributed by atoms with Crippen LogP contribution >= 0.6 is 0 Å². The Morgan fingerprint density at radius 2 is 1.66 bits per heavy atom. The molecule has 2 heterocycles. The molecule has 0 unspecified atom stereocenters. The molecule has 9 nitrogen and oxygen atoms in total. The van der Waals surface area contributed by atoms with Crippen LogP contribution in [0.25, 0.3) is 0 Å². The van der Waals surface area contributed by atoms with Crippen LogP contribution in [0.5, 0.6) is 11.5 Å². The summed E-state index contributed by atoms with van der Waals surface area (Å²) in [4.78, 5) is 40.9. The van der Waals surface area contributed by atoms with Crippen LogP contribution in [0.2, 0.25) is 0 Å². The van der Waals surface area contributed by atoms with Crippen molar-refractivity contribution in [3.8, 4) is 11.5 Å². The molecule has 0 spiro atoms. The third-order valence-electron chi connectivity index (χ3n) is 6.76. The Hall–Kier alpha value is -4.27. The van der Waals surface area contributed by atoms with E-state index in [4.69, 9.17) is 13.9 Å². The number of para-hydroxylation sites is 2. The minimum atomic E-state index is -1.08. The number of carbonyl (C=O) groups is 3. The van der Waals surface area contributed by atoms with Gasteiger partial charge in [-0.3, -0.25) is 19.3 Å². The second-order valence-corrected chi connectivity index (χ2v) is 9.56. The van der Waals surface area contributed by atoms with E-state index in [1.54, 1.807) is 54.6 Å². The van der Waals surface area contributed by atoms with Gasteiger partial charge >= 0.3 is 0 Å². The molecule has 1 aromatic heterocycles. The SMILES string of the molecule is CC(=O)Nc1ccc(N(C(=O)[C@H]2COc3ccccc3O2)[C@H](C(=O)NC2CCCCC2)c2ccco2)cc1. The number of carbonyl (C=O) groups excluding carboxylic acids is 3. The number of ether oxygens (including phenoxy) is 2. The number of hydrogen-bond donors (Lipinski definition) is 2. The number of fused-ring (bicyclic) bond motifs is 1. The minimum absolute atomic E-state index is 0.00849. The van der Waals surface area contributed by atoms with Crippen molar-refractivity contribution in [2.45, 2.75) is 57.2 Å². The smallest absolute Gasteiger partial charge is 0.272 e. The molecule has 0 bridgehead atoms. The molecule has 2 N–H and O–H groups in total. The number of amides is 3. The number of rotatable bonds is 7.